The second-order valence-corrected chi connectivity index (χ2v) is 4.57. The van der Waals surface area contributed by atoms with Crippen molar-refractivity contribution in [1.82, 2.24) is 0 Å². The monoisotopic (exact) mass is 294 g/mol. The van der Waals surface area contributed by atoms with Gasteiger partial charge in [0.25, 0.3) is 0 Å². The summed E-state index contributed by atoms with van der Waals surface area (Å²) in [6.07, 6.45) is 0. The van der Waals surface area contributed by atoms with Gasteiger partial charge in [-0.15, -0.1) is 0 Å². The highest BCUT2D eigenvalue weighted by Crippen LogP contribution is 2.36. The molecule has 1 nitrogen and oxygen atoms in total. The predicted molar refractivity (Wildman–Crippen MR) is 70.2 cm³/mol. The van der Waals surface area contributed by atoms with Crippen LogP contribution < -0.4 is 4.74 Å². The fourth-order valence-electron chi connectivity index (χ4n) is 1.69. The van der Waals surface area contributed by atoms with Gasteiger partial charge in [-0.25, -0.2) is 4.39 Å². The SMILES string of the molecule is COc1ccccc1C(Br)c1ccc(F)cc1. The van der Waals surface area contributed by atoms with Gasteiger partial charge in [0.2, 0.25) is 0 Å². The van der Waals surface area contributed by atoms with Crippen LogP contribution in [0.25, 0.3) is 0 Å². The third-order valence-corrected chi connectivity index (χ3v) is 3.60. The van der Waals surface area contributed by atoms with Crippen LogP contribution in [0.1, 0.15) is 16.0 Å². The highest BCUT2D eigenvalue weighted by atomic mass is 79.9. The molecule has 0 aliphatic heterocycles. The lowest BCUT2D eigenvalue weighted by Gasteiger charge is -2.14. The Bertz CT molecular complexity index is 496. The van der Waals surface area contributed by atoms with Gasteiger partial charge in [-0.05, 0) is 23.8 Å². The summed E-state index contributed by atoms with van der Waals surface area (Å²) in [7, 11) is 1.64. The summed E-state index contributed by atoms with van der Waals surface area (Å²) in [5.74, 6) is 0.590. The van der Waals surface area contributed by atoms with E-state index in [2.05, 4.69) is 15.9 Å². The van der Waals surface area contributed by atoms with Crippen LogP contribution in [0, 0.1) is 5.82 Å². The molecule has 2 aromatic carbocycles. The molecule has 0 aliphatic rings. The fourth-order valence-corrected chi connectivity index (χ4v) is 2.37. The number of para-hydroxylation sites is 1. The van der Waals surface area contributed by atoms with Gasteiger partial charge in [0.1, 0.15) is 11.6 Å². The number of rotatable bonds is 3. The molecule has 2 rings (SSSR count). The maximum absolute atomic E-state index is 12.9. The number of hydrogen-bond donors (Lipinski definition) is 0. The van der Waals surface area contributed by atoms with Crippen molar-refractivity contribution in [1.29, 1.82) is 0 Å². The van der Waals surface area contributed by atoms with E-state index in [1.807, 2.05) is 24.3 Å². The summed E-state index contributed by atoms with van der Waals surface area (Å²) in [6, 6.07) is 14.2. The first-order valence-corrected chi connectivity index (χ1v) is 6.16. The molecule has 0 saturated heterocycles. The first-order chi connectivity index (χ1) is 8.22. The zero-order chi connectivity index (χ0) is 12.3. The van der Waals surface area contributed by atoms with Crippen molar-refractivity contribution < 1.29 is 9.13 Å². The van der Waals surface area contributed by atoms with Gasteiger partial charge in [-0.3, -0.25) is 0 Å². The lowest BCUT2D eigenvalue weighted by atomic mass is 10.0. The lowest BCUT2D eigenvalue weighted by Crippen LogP contribution is -1.96. The second-order valence-electron chi connectivity index (χ2n) is 3.66. The van der Waals surface area contributed by atoms with Crippen LogP contribution in [-0.4, -0.2) is 7.11 Å². The number of benzene rings is 2. The van der Waals surface area contributed by atoms with E-state index in [1.54, 1.807) is 19.2 Å². The average molecular weight is 295 g/mol. The van der Waals surface area contributed by atoms with E-state index in [-0.39, 0.29) is 10.6 Å². The standard InChI is InChI=1S/C14H12BrFO/c1-17-13-5-3-2-4-12(13)14(15)10-6-8-11(16)9-7-10/h2-9,14H,1H3. The molecule has 0 bridgehead atoms. The minimum absolute atomic E-state index is 0.000694. The zero-order valence-electron chi connectivity index (χ0n) is 9.36. The maximum atomic E-state index is 12.9. The Balaban J connectivity index is 2.36. The van der Waals surface area contributed by atoms with Crippen LogP contribution >= 0.6 is 15.9 Å². The van der Waals surface area contributed by atoms with Crippen molar-refractivity contribution in [2.75, 3.05) is 7.11 Å². The van der Waals surface area contributed by atoms with E-state index >= 15 is 0 Å². The second kappa shape index (κ2) is 5.32. The predicted octanol–water partition coefficient (Wildman–Crippen LogP) is 4.32. The Morgan fingerprint density at radius 1 is 1.06 bits per heavy atom. The summed E-state index contributed by atoms with van der Waals surface area (Å²) in [5, 5.41) is 0. The summed E-state index contributed by atoms with van der Waals surface area (Å²) >= 11 is 3.61. The van der Waals surface area contributed by atoms with Crippen molar-refractivity contribution in [2.24, 2.45) is 0 Å². The lowest BCUT2D eigenvalue weighted by molar-refractivity contribution is 0.410. The number of halogens is 2. The molecule has 0 N–H and O–H groups in total. The fraction of sp³-hybridized carbons (Fsp3) is 0.143. The van der Waals surface area contributed by atoms with Gasteiger partial charge in [-0.1, -0.05) is 46.3 Å². The van der Waals surface area contributed by atoms with Gasteiger partial charge in [0, 0.05) is 5.56 Å². The van der Waals surface area contributed by atoms with Crippen molar-refractivity contribution in [2.45, 2.75) is 4.83 Å². The highest BCUT2D eigenvalue weighted by Gasteiger charge is 2.14. The van der Waals surface area contributed by atoms with Gasteiger partial charge < -0.3 is 4.74 Å². The first-order valence-electron chi connectivity index (χ1n) is 5.25. The smallest absolute Gasteiger partial charge is 0.123 e. The Labute approximate surface area is 108 Å². The van der Waals surface area contributed by atoms with Crippen LogP contribution in [0.5, 0.6) is 5.75 Å². The highest BCUT2D eigenvalue weighted by molar-refractivity contribution is 9.09. The van der Waals surface area contributed by atoms with Gasteiger partial charge in [-0.2, -0.15) is 0 Å². The molecule has 0 spiro atoms. The molecule has 1 unspecified atom stereocenters. The van der Waals surface area contributed by atoms with Crippen LogP contribution in [0.2, 0.25) is 0 Å². The topological polar surface area (TPSA) is 9.23 Å². The molecule has 88 valence electrons. The van der Waals surface area contributed by atoms with Gasteiger partial charge in [0.05, 0.1) is 11.9 Å². The Morgan fingerprint density at radius 3 is 2.35 bits per heavy atom. The molecule has 0 amide bonds. The zero-order valence-corrected chi connectivity index (χ0v) is 10.9. The van der Waals surface area contributed by atoms with E-state index in [1.165, 1.54) is 12.1 Å². The molecule has 0 saturated carbocycles. The third-order valence-electron chi connectivity index (χ3n) is 2.57. The minimum Gasteiger partial charge on any atom is -0.496 e. The molecular weight excluding hydrogens is 283 g/mol. The van der Waals surface area contributed by atoms with Crippen LogP contribution in [0.3, 0.4) is 0 Å². The third kappa shape index (κ3) is 2.67. The molecule has 0 aromatic heterocycles. The van der Waals surface area contributed by atoms with E-state index in [4.69, 9.17) is 4.74 Å². The van der Waals surface area contributed by atoms with Crippen molar-refractivity contribution in [3.05, 3.63) is 65.5 Å². The summed E-state index contributed by atoms with van der Waals surface area (Å²) in [5.41, 5.74) is 2.03. The van der Waals surface area contributed by atoms with Crippen molar-refractivity contribution in [3.8, 4) is 5.75 Å². The molecule has 0 aliphatic carbocycles. The Hall–Kier alpha value is -1.35. The molecule has 2 aromatic rings. The molecule has 0 heterocycles. The largest absolute Gasteiger partial charge is 0.496 e. The van der Waals surface area contributed by atoms with Crippen LogP contribution in [0.15, 0.2) is 48.5 Å². The van der Waals surface area contributed by atoms with Crippen molar-refractivity contribution >= 4 is 15.9 Å². The summed E-state index contributed by atoms with van der Waals surface area (Å²) in [4.78, 5) is -0.000694. The van der Waals surface area contributed by atoms with Gasteiger partial charge >= 0.3 is 0 Å². The molecule has 17 heavy (non-hydrogen) atoms. The van der Waals surface area contributed by atoms with E-state index < -0.39 is 0 Å². The molecule has 1 atom stereocenters. The molecule has 3 heteroatoms. The molecule has 0 fully saturated rings. The Morgan fingerprint density at radius 2 is 1.71 bits per heavy atom. The number of alkyl halides is 1. The quantitative estimate of drug-likeness (QED) is 0.766. The Kier molecular flexibility index (Phi) is 3.79. The van der Waals surface area contributed by atoms with E-state index in [0.717, 1.165) is 16.9 Å². The van der Waals surface area contributed by atoms with E-state index in [0.29, 0.717) is 0 Å². The van der Waals surface area contributed by atoms with Crippen LogP contribution in [0.4, 0.5) is 4.39 Å². The summed E-state index contributed by atoms with van der Waals surface area (Å²) in [6.45, 7) is 0. The van der Waals surface area contributed by atoms with E-state index in [9.17, 15) is 4.39 Å². The number of hydrogen-bond acceptors (Lipinski definition) is 1. The average Bonchev–Trinajstić information content (AvgIpc) is 2.39. The minimum atomic E-state index is -0.228. The summed E-state index contributed by atoms with van der Waals surface area (Å²) < 4.78 is 18.2. The number of ether oxygens (including phenoxy) is 1. The molecular formula is C14H12BrFO. The number of methoxy groups -OCH3 is 1. The molecule has 0 radical (unpaired) electrons. The normalized spacial score (nSPS) is 12.2. The van der Waals surface area contributed by atoms with Crippen LogP contribution in [-0.2, 0) is 0 Å². The van der Waals surface area contributed by atoms with Crippen molar-refractivity contribution in [3.63, 3.8) is 0 Å². The first kappa shape index (κ1) is 12.1. The van der Waals surface area contributed by atoms with Gasteiger partial charge in [0.15, 0.2) is 0 Å². The maximum Gasteiger partial charge on any atom is 0.123 e.